The number of Topliss-reactive ketones (excluding diaryl/α,β-unsaturated/α-hetero) is 1. The first kappa shape index (κ1) is 24.7. The van der Waals surface area contributed by atoms with Crippen LogP contribution in [0.4, 0.5) is 4.79 Å². The smallest absolute Gasteiger partial charge is 0.315 e. The van der Waals surface area contributed by atoms with E-state index in [-0.39, 0.29) is 41.9 Å². The number of hydrogen-bond donors (Lipinski definition) is 4. The zero-order chi connectivity index (χ0) is 22.0. The fourth-order valence-electron chi connectivity index (χ4n) is 3.22. The maximum absolute atomic E-state index is 12.9. The molecular formula is C21H36N4O4. The van der Waals surface area contributed by atoms with Gasteiger partial charge in [-0.05, 0) is 24.7 Å². The lowest BCUT2D eigenvalue weighted by molar-refractivity contribution is -0.131. The number of nitrogens with one attached hydrogen (secondary N) is 4. The molecule has 0 spiro atoms. The molecule has 3 atom stereocenters. The Hall–Kier alpha value is -2.38. The van der Waals surface area contributed by atoms with Gasteiger partial charge in [0.1, 0.15) is 0 Å². The fraction of sp³-hybridized carbons (Fsp3) is 0.714. The summed E-state index contributed by atoms with van der Waals surface area (Å²) in [6, 6.07) is -1.36. The van der Waals surface area contributed by atoms with Gasteiger partial charge in [-0.2, -0.15) is 0 Å². The second kappa shape index (κ2) is 12.2. The summed E-state index contributed by atoms with van der Waals surface area (Å²) >= 11 is 0. The summed E-state index contributed by atoms with van der Waals surface area (Å²) < 4.78 is 0. The average molecular weight is 409 g/mol. The quantitative estimate of drug-likeness (QED) is 0.533. The van der Waals surface area contributed by atoms with Gasteiger partial charge in [0.05, 0.1) is 6.04 Å². The van der Waals surface area contributed by atoms with Crippen molar-refractivity contribution < 1.29 is 19.2 Å². The molecule has 0 aliphatic carbocycles. The van der Waals surface area contributed by atoms with Crippen LogP contribution in [-0.4, -0.2) is 49.3 Å². The molecule has 1 rings (SSSR count). The largest absolute Gasteiger partial charge is 0.353 e. The highest BCUT2D eigenvalue weighted by molar-refractivity contribution is 5.92. The summed E-state index contributed by atoms with van der Waals surface area (Å²) in [7, 11) is 1.50. The first-order valence-electron chi connectivity index (χ1n) is 10.4. The molecule has 29 heavy (non-hydrogen) atoms. The normalized spacial score (nSPS) is 23.3. The lowest BCUT2D eigenvalue weighted by atomic mass is 9.88. The van der Waals surface area contributed by atoms with Gasteiger partial charge < -0.3 is 21.3 Å². The van der Waals surface area contributed by atoms with Crippen LogP contribution in [0.5, 0.6) is 0 Å². The van der Waals surface area contributed by atoms with Crippen molar-refractivity contribution in [1.29, 1.82) is 0 Å². The first-order chi connectivity index (χ1) is 13.6. The standard InChI is InChI=1S/C21H36N4O4/c1-13(2)16-9-10-18(27)23-11-7-6-8-15(20(28)24-16)12-17(26)19(14(3)4)25-21(29)22-5/h9-10,13-16,19H,6-8,11-12H2,1-5H3,(H,23,27)(H,24,28)(H2,22,25,29)/b10-9+/t15-,16-,19+/m1/s1. The van der Waals surface area contributed by atoms with E-state index >= 15 is 0 Å². The van der Waals surface area contributed by atoms with E-state index < -0.39 is 18.0 Å². The van der Waals surface area contributed by atoms with E-state index in [0.717, 1.165) is 12.8 Å². The van der Waals surface area contributed by atoms with Gasteiger partial charge in [0.15, 0.2) is 5.78 Å². The van der Waals surface area contributed by atoms with Gasteiger partial charge in [-0.25, -0.2) is 4.79 Å². The Kier molecular flexibility index (Phi) is 10.4. The minimum atomic E-state index is -0.649. The minimum Gasteiger partial charge on any atom is -0.353 e. The zero-order valence-corrected chi connectivity index (χ0v) is 18.2. The molecule has 0 fully saturated rings. The maximum atomic E-state index is 12.9. The third-order valence-electron chi connectivity index (χ3n) is 5.11. The van der Waals surface area contributed by atoms with Gasteiger partial charge in [-0.1, -0.05) is 40.2 Å². The first-order valence-corrected chi connectivity index (χ1v) is 10.4. The molecule has 8 heteroatoms. The van der Waals surface area contributed by atoms with Gasteiger partial charge in [-0.15, -0.1) is 0 Å². The Bertz CT molecular complexity index is 616. The van der Waals surface area contributed by atoms with Crippen LogP contribution in [0.25, 0.3) is 0 Å². The van der Waals surface area contributed by atoms with Crippen LogP contribution in [0.3, 0.4) is 0 Å². The number of urea groups is 1. The number of rotatable bonds is 6. The average Bonchev–Trinajstić information content (AvgIpc) is 2.65. The number of carbonyl (C=O) groups excluding carboxylic acids is 4. The lowest BCUT2D eigenvalue weighted by Gasteiger charge is -2.26. The van der Waals surface area contributed by atoms with Crippen LogP contribution >= 0.6 is 0 Å². The molecule has 0 aromatic carbocycles. The van der Waals surface area contributed by atoms with Crippen LogP contribution in [0.2, 0.25) is 0 Å². The van der Waals surface area contributed by atoms with Crippen molar-refractivity contribution in [2.45, 2.75) is 65.5 Å². The fourth-order valence-corrected chi connectivity index (χ4v) is 3.22. The van der Waals surface area contributed by atoms with Gasteiger partial charge in [-0.3, -0.25) is 14.4 Å². The molecule has 1 aliphatic heterocycles. The second-order valence-electron chi connectivity index (χ2n) is 8.24. The predicted octanol–water partition coefficient (Wildman–Crippen LogP) is 1.51. The van der Waals surface area contributed by atoms with Crippen molar-refractivity contribution in [1.82, 2.24) is 21.3 Å². The Morgan fingerprint density at radius 2 is 1.86 bits per heavy atom. The topological polar surface area (TPSA) is 116 Å². The number of ketones is 1. The number of carbonyl (C=O) groups is 4. The molecule has 1 aliphatic rings. The van der Waals surface area contributed by atoms with Crippen LogP contribution < -0.4 is 21.3 Å². The molecular weight excluding hydrogens is 372 g/mol. The molecule has 0 aromatic heterocycles. The predicted molar refractivity (Wildman–Crippen MR) is 112 cm³/mol. The van der Waals surface area contributed by atoms with Gasteiger partial charge in [0.25, 0.3) is 0 Å². The molecule has 0 aromatic rings. The summed E-state index contributed by atoms with van der Waals surface area (Å²) in [6.07, 6.45) is 5.22. The summed E-state index contributed by atoms with van der Waals surface area (Å²) in [5.41, 5.74) is 0. The second-order valence-corrected chi connectivity index (χ2v) is 8.24. The van der Waals surface area contributed by atoms with E-state index in [1.54, 1.807) is 6.08 Å². The summed E-state index contributed by atoms with van der Waals surface area (Å²) in [6.45, 7) is 8.18. The van der Waals surface area contributed by atoms with Crippen LogP contribution in [0.15, 0.2) is 12.2 Å². The van der Waals surface area contributed by atoms with E-state index in [4.69, 9.17) is 0 Å². The van der Waals surface area contributed by atoms with Crippen molar-refractivity contribution >= 4 is 23.6 Å². The molecule has 8 nitrogen and oxygen atoms in total. The van der Waals surface area contributed by atoms with Crippen molar-refractivity contribution in [3.8, 4) is 0 Å². The van der Waals surface area contributed by atoms with E-state index in [1.807, 2.05) is 27.7 Å². The molecule has 0 saturated carbocycles. The molecule has 0 unspecified atom stereocenters. The third kappa shape index (κ3) is 8.66. The van der Waals surface area contributed by atoms with Crippen molar-refractivity contribution in [3.05, 3.63) is 12.2 Å². The van der Waals surface area contributed by atoms with Crippen LogP contribution in [-0.2, 0) is 14.4 Å². The van der Waals surface area contributed by atoms with E-state index in [9.17, 15) is 19.2 Å². The van der Waals surface area contributed by atoms with Crippen LogP contribution in [0.1, 0.15) is 53.4 Å². The van der Waals surface area contributed by atoms with Crippen molar-refractivity contribution in [2.75, 3.05) is 13.6 Å². The highest BCUT2D eigenvalue weighted by atomic mass is 16.2. The Morgan fingerprint density at radius 1 is 1.17 bits per heavy atom. The van der Waals surface area contributed by atoms with Gasteiger partial charge >= 0.3 is 6.03 Å². The van der Waals surface area contributed by atoms with E-state index in [1.165, 1.54) is 13.1 Å². The number of amides is 4. The molecule has 0 bridgehead atoms. The van der Waals surface area contributed by atoms with Crippen molar-refractivity contribution in [3.63, 3.8) is 0 Å². The molecule has 0 saturated heterocycles. The zero-order valence-electron chi connectivity index (χ0n) is 18.2. The van der Waals surface area contributed by atoms with E-state index in [2.05, 4.69) is 21.3 Å². The summed E-state index contributed by atoms with van der Waals surface area (Å²) in [4.78, 5) is 49.3. The lowest BCUT2D eigenvalue weighted by Crippen LogP contribution is -2.49. The van der Waals surface area contributed by atoms with E-state index in [0.29, 0.717) is 13.0 Å². The molecule has 164 valence electrons. The Balaban J connectivity index is 2.96. The third-order valence-corrected chi connectivity index (χ3v) is 5.11. The van der Waals surface area contributed by atoms with Gasteiger partial charge in [0, 0.05) is 38.0 Å². The Labute approximate surface area is 173 Å². The van der Waals surface area contributed by atoms with Gasteiger partial charge in [0.2, 0.25) is 11.8 Å². The minimum absolute atomic E-state index is 0.0690. The molecule has 4 amide bonds. The van der Waals surface area contributed by atoms with Crippen molar-refractivity contribution in [2.24, 2.45) is 17.8 Å². The highest BCUT2D eigenvalue weighted by Crippen LogP contribution is 2.18. The van der Waals surface area contributed by atoms with Crippen LogP contribution in [0, 0.1) is 17.8 Å². The summed E-state index contributed by atoms with van der Waals surface area (Å²) in [5.74, 6) is -0.973. The number of hydrogen-bond acceptors (Lipinski definition) is 4. The molecule has 0 radical (unpaired) electrons. The Morgan fingerprint density at radius 3 is 2.45 bits per heavy atom. The SMILES string of the molecule is CNC(=O)N[C@H](C(=O)C[C@H]1CCCCNC(=O)/C=C/[C@H](C(C)C)NC1=O)C(C)C. The highest BCUT2D eigenvalue weighted by Gasteiger charge is 2.30. The monoisotopic (exact) mass is 408 g/mol. The summed E-state index contributed by atoms with van der Waals surface area (Å²) in [5, 5.41) is 10.9. The maximum Gasteiger partial charge on any atom is 0.315 e. The molecule has 4 N–H and O–H groups in total. The molecule has 1 heterocycles.